The first-order chi connectivity index (χ1) is 13.5. The number of nitrogens with zero attached hydrogens (tertiary/aromatic N) is 3. The zero-order chi connectivity index (χ0) is 19.7. The molecule has 0 aliphatic carbocycles. The monoisotopic (exact) mass is 499 g/mol. The molecule has 2 heterocycles. The van der Waals surface area contributed by atoms with Crippen molar-refractivity contribution in [3.8, 4) is 11.1 Å². The Balaban J connectivity index is 1.70. The third-order valence-corrected chi connectivity index (χ3v) is 10.5. The van der Waals surface area contributed by atoms with Crippen LogP contribution in [0.25, 0.3) is 22.0 Å². The van der Waals surface area contributed by atoms with Gasteiger partial charge in [-0.1, -0.05) is 0 Å². The van der Waals surface area contributed by atoms with Gasteiger partial charge in [-0.05, 0) is 0 Å². The van der Waals surface area contributed by atoms with Gasteiger partial charge in [0.15, 0.2) is 0 Å². The fraction of sp³-hybridized carbons (Fsp3) is 0.364. The second-order valence-corrected chi connectivity index (χ2v) is 14.2. The summed E-state index contributed by atoms with van der Waals surface area (Å²) in [7, 11) is 0. The van der Waals surface area contributed by atoms with Gasteiger partial charge in [0.1, 0.15) is 0 Å². The number of aromatic nitrogens is 2. The molecule has 1 aromatic heterocycles. The zero-order valence-corrected chi connectivity index (χ0v) is 20.0. The van der Waals surface area contributed by atoms with E-state index in [-0.39, 0.29) is 5.82 Å². The molecular weight excluding hydrogens is 475 g/mol. The van der Waals surface area contributed by atoms with E-state index < -0.39 is 14.7 Å². The molecule has 1 aliphatic heterocycles. The van der Waals surface area contributed by atoms with Gasteiger partial charge in [-0.25, -0.2) is 0 Å². The predicted octanol–water partition coefficient (Wildman–Crippen LogP) is 3.95. The van der Waals surface area contributed by atoms with Crippen molar-refractivity contribution in [3.05, 3.63) is 54.1 Å². The Hall–Kier alpha value is -1.21. The Morgan fingerprint density at radius 1 is 1.11 bits per heavy atom. The average Bonchev–Trinajstić information content (AvgIpc) is 2.69. The summed E-state index contributed by atoms with van der Waals surface area (Å²) in [5.41, 5.74) is 9.07. The summed E-state index contributed by atoms with van der Waals surface area (Å²) in [5.74, 6) is -0.212. The van der Waals surface area contributed by atoms with Crippen LogP contribution in [0.15, 0.2) is 42.7 Å². The quantitative estimate of drug-likeness (QED) is 0.510. The topological polar surface area (TPSA) is 29.0 Å². The molecule has 0 spiro atoms. The van der Waals surface area contributed by atoms with Gasteiger partial charge in [0.2, 0.25) is 0 Å². The van der Waals surface area contributed by atoms with Gasteiger partial charge >= 0.3 is 180 Å². The first-order valence-corrected chi connectivity index (χ1v) is 15.4. The van der Waals surface area contributed by atoms with Gasteiger partial charge in [-0.15, -0.1) is 0 Å². The van der Waals surface area contributed by atoms with Gasteiger partial charge in [0.05, 0.1) is 0 Å². The Morgan fingerprint density at radius 3 is 2.61 bits per heavy atom. The van der Waals surface area contributed by atoms with Gasteiger partial charge in [0.25, 0.3) is 0 Å². The SMILES string of the molecule is C[As](C)C1CCN(Cc2cc(-c3cccc(F)c3)cc3c([As])ncnc23)CC1. The number of benzene rings is 2. The normalized spacial score (nSPS) is 16.2. The molecule has 1 fully saturated rings. The van der Waals surface area contributed by atoms with Crippen molar-refractivity contribution >= 4 is 46.9 Å². The van der Waals surface area contributed by atoms with E-state index in [1.807, 2.05) is 6.07 Å². The Bertz CT molecular complexity index is 985. The van der Waals surface area contributed by atoms with Crippen LogP contribution < -0.4 is 4.48 Å². The summed E-state index contributed by atoms with van der Waals surface area (Å²) in [5, 5.41) is 1.03. The Kier molecular flexibility index (Phi) is 6.20. The second-order valence-electron chi connectivity index (χ2n) is 7.71. The van der Waals surface area contributed by atoms with E-state index in [4.69, 9.17) is 0 Å². The molecule has 0 saturated carbocycles. The molecule has 0 atom stereocenters. The second kappa shape index (κ2) is 8.65. The minimum atomic E-state index is -0.615. The number of likely N-dealkylation sites (tertiary alicyclic amines) is 1. The van der Waals surface area contributed by atoms with Crippen LogP contribution in [0, 0.1) is 5.82 Å². The van der Waals surface area contributed by atoms with Crippen molar-refractivity contribution in [1.29, 1.82) is 0 Å². The van der Waals surface area contributed by atoms with E-state index in [2.05, 4.69) is 55.3 Å². The third kappa shape index (κ3) is 4.35. The van der Waals surface area contributed by atoms with Crippen LogP contribution in [0.1, 0.15) is 18.4 Å². The summed E-state index contributed by atoms with van der Waals surface area (Å²) in [6.45, 7) is 3.20. The first kappa shape index (κ1) is 20.1. The van der Waals surface area contributed by atoms with Crippen LogP contribution in [0.4, 0.5) is 4.39 Å². The fourth-order valence-corrected chi connectivity index (χ4v) is 7.14. The predicted molar refractivity (Wildman–Crippen MR) is 116 cm³/mol. The van der Waals surface area contributed by atoms with Crippen LogP contribution in [-0.4, -0.2) is 59.5 Å². The standard InChI is InChI=1S/C22H24As2FN3/c1-24(2)18-6-8-28(9-7-18)13-17-10-16(15-4-3-5-19(25)11-15)12-20-21(17)26-14-27-22(20)23/h3-5,10-12,14,18H,6-9,13H2,1-2H3. The summed E-state index contributed by atoms with van der Waals surface area (Å²) >= 11 is 1.92. The number of piperidine rings is 1. The van der Waals surface area contributed by atoms with E-state index in [1.54, 1.807) is 18.5 Å². The zero-order valence-electron chi connectivity index (χ0n) is 16.3. The van der Waals surface area contributed by atoms with Crippen molar-refractivity contribution in [2.24, 2.45) is 0 Å². The van der Waals surface area contributed by atoms with E-state index in [1.165, 1.54) is 24.5 Å². The molecule has 3 aromatic rings. The maximum absolute atomic E-state index is 13.8. The summed E-state index contributed by atoms with van der Waals surface area (Å²) in [4.78, 5) is 11.5. The number of rotatable bonds is 4. The number of fused-ring (bicyclic) bond motifs is 1. The van der Waals surface area contributed by atoms with Crippen LogP contribution in [-0.2, 0) is 6.54 Å². The van der Waals surface area contributed by atoms with Gasteiger partial charge in [0, 0.05) is 0 Å². The molecule has 0 N–H and O–H groups in total. The average molecular weight is 499 g/mol. The number of hydrogen-bond donors (Lipinski definition) is 0. The molecule has 1 saturated heterocycles. The Morgan fingerprint density at radius 2 is 1.89 bits per heavy atom. The fourth-order valence-electron chi connectivity index (χ4n) is 4.02. The van der Waals surface area contributed by atoms with Crippen molar-refractivity contribution < 1.29 is 4.39 Å². The molecular formula is C22H24As2FN3. The molecule has 144 valence electrons. The third-order valence-electron chi connectivity index (χ3n) is 5.64. The summed E-state index contributed by atoms with van der Waals surface area (Å²) < 4.78 is 15.7. The van der Waals surface area contributed by atoms with E-state index in [0.717, 1.165) is 50.9 Å². The molecule has 2 aromatic carbocycles. The van der Waals surface area contributed by atoms with Crippen molar-refractivity contribution in [2.75, 3.05) is 13.1 Å². The van der Waals surface area contributed by atoms with Gasteiger partial charge < -0.3 is 0 Å². The van der Waals surface area contributed by atoms with Crippen LogP contribution in [0.2, 0.25) is 16.1 Å². The van der Waals surface area contributed by atoms with E-state index in [0.29, 0.717) is 0 Å². The van der Waals surface area contributed by atoms with Gasteiger partial charge in [-0.3, -0.25) is 0 Å². The van der Waals surface area contributed by atoms with Crippen LogP contribution in [0.5, 0.6) is 0 Å². The molecule has 4 rings (SSSR count). The van der Waals surface area contributed by atoms with Crippen molar-refractivity contribution in [3.63, 3.8) is 0 Å². The van der Waals surface area contributed by atoms with Crippen LogP contribution in [0.3, 0.4) is 0 Å². The number of hydrogen-bond acceptors (Lipinski definition) is 3. The molecule has 6 heteroatoms. The maximum atomic E-state index is 13.8. The van der Waals surface area contributed by atoms with Gasteiger partial charge in [-0.2, -0.15) is 0 Å². The molecule has 3 nitrogen and oxygen atoms in total. The molecule has 2 radical (unpaired) electrons. The Labute approximate surface area is 179 Å². The van der Waals surface area contributed by atoms with Crippen molar-refractivity contribution in [1.82, 2.24) is 14.9 Å². The molecule has 1 aliphatic rings. The molecule has 28 heavy (non-hydrogen) atoms. The van der Waals surface area contributed by atoms with Crippen LogP contribution >= 0.6 is 0 Å². The minimum absolute atomic E-state index is 0.212. The first-order valence-electron chi connectivity index (χ1n) is 9.62. The molecule has 0 amide bonds. The number of halogens is 1. The summed E-state index contributed by atoms with van der Waals surface area (Å²) in [6, 6.07) is 11.1. The molecule has 0 unspecified atom stereocenters. The molecule has 0 bridgehead atoms. The van der Waals surface area contributed by atoms with E-state index in [9.17, 15) is 4.39 Å². The van der Waals surface area contributed by atoms with E-state index >= 15 is 0 Å². The summed E-state index contributed by atoms with van der Waals surface area (Å²) in [6.07, 6.45) is 4.27. The van der Waals surface area contributed by atoms with Crippen molar-refractivity contribution in [2.45, 2.75) is 35.5 Å².